The van der Waals surface area contributed by atoms with Crippen molar-refractivity contribution in [3.05, 3.63) is 162 Å². The second kappa shape index (κ2) is 14.3. The Morgan fingerprint density at radius 3 is 1.80 bits per heavy atom. The van der Waals surface area contributed by atoms with Crippen LogP contribution in [0.4, 0.5) is 11.4 Å². The van der Waals surface area contributed by atoms with E-state index >= 15 is 0 Å². The fourth-order valence-electron chi connectivity index (χ4n) is 6.00. The molecule has 0 aliphatic carbocycles. The molecular formula is C42H33N4OPS. The van der Waals surface area contributed by atoms with Gasteiger partial charge in [-0.3, -0.25) is 9.74 Å². The lowest BCUT2D eigenvalue weighted by molar-refractivity contribution is 0.327. The molecule has 0 atom stereocenters. The van der Waals surface area contributed by atoms with Crippen LogP contribution in [0.1, 0.15) is 22.9 Å². The van der Waals surface area contributed by atoms with Crippen molar-refractivity contribution in [3.8, 4) is 23.1 Å². The molecule has 0 aliphatic heterocycles. The number of fused-ring (bicyclic) bond motifs is 1. The lowest BCUT2D eigenvalue weighted by Gasteiger charge is -2.27. The molecule has 7 aromatic rings. The van der Waals surface area contributed by atoms with Crippen LogP contribution in [-0.2, 0) is 0 Å². The molecule has 0 saturated carbocycles. The van der Waals surface area contributed by atoms with Crippen molar-refractivity contribution in [2.45, 2.75) is 13.8 Å². The Morgan fingerprint density at radius 2 is 1.29 bits per heavy atom. The summed E-state index contributed by atoms with van der Waals surface area (Å²) in [5.41, 5.74) is 4.81. The van der Waals surface area contributed by atoms with Crippen molar-refractivity contribution in [2.24, 2.45) is 9.74 Å². The van der Waals surface area contributed by atoms with Gasteiger partial charge in [-0.25, -0.2) is 4.98 Å². The number of pyridine rings is 1. The van der Waals surface area contributed by atoms with Gasteiger partial charge >= 0.3 is 0 Å². The minimum absolute atomic E-state index is 0.321. The standard InChI is InChI=1S/C42H33N4OPS/c1-3-47-41-36(28-43)38(31-16-8-4-9-17-31)39-40(37(49-42(39)45-41)29-44-32-26-24-30(2)25-27-32)46-48(33-18-10-5-11-19-33,34-20-12-6-13-21-34)35-22-14-7-15-23-35/h4-27,29H,3H2,1-2H3. The topological polar surface area (TPSA) is 70.6 Å². The van der Waals surface area contributed by atoms with Gasteiger partial charge in [0, 0.05) is 33.1 Å². The SMILES string of the molecule is CCOc1nc2sc(C=Nc3ccc(C)cc3)c(N=P(c3ccccc3)(c3ccccc3)c3ccccc3)c2c(-c2ccccc2)c1C#N. The summed E-state index contributed by atoms with van der Waals surface area (Å²) < 4.78 is 12.0. The number of aryl methyl sites for hydroxylation is 1. The average molecular weight is 673 g/mol. The first-order valence-electron chi connectivity index (χ1n) is 16.1. The van der Waals surface area contributed by atoms with Crippen LogP contribution >= 0.6 is 18.4 Å². The van der Waals surface area contributed by atoms with Crippen molar-refractivity contribution >= 4 is 62.1 Å². The van der Waals surface area contributed by atoms with E-state index in [1.54, 1.807) is 0 Å². The smallest absolute Gasteiger partial charge is 0.233 e. The summed E-state index contributed by atoms with van der Waals surface area (Å²) in [5.74, 6) is 0.321. The van der Waals surface area contributed by atoms with E-state index < -0.39 is 7.05 Å². The number of nitrogens with zero attached hydrogens (tertiary/aromatic N) is 4. The predicted octanol–water partition coefficient (Wildman–Crippen LogP) is 10.1. The van der Waals surface area contributed by atoms with Gasteiger partial charge in [0.1, 0.15) is 16.5 Å². The summed E-state index contributed by atoms with van der Waals surface area (Å²) in [4.78, 5) is 11.5. The molecule has 5 aromatic carbocycles. The number of ether oxygens (including phenoxy) is 1. The predicted molar refractivity (Wildman–Crippen MR) is 207 cm³/mol. The maximum absolute atomic E-state index is 10.7. The Hall–Kier alpha value is -5.60. The largest absolute Gasteiger partial charge is 0.477 e. The summed E-state index contributed by atoms with van der Waals surface area (Å²) in [6.45, 7) is 4.36. The van der Waals surface area contributed by atoms with E-state index in [0.29, 0.717) is 18.1 Å². The quantitative estimate of drug-likeness (QED) is 0.113. The van der Waals surface area contributed by atoms with E-state index in [-0.39, 0.29) is 0 Å². The highest BCUT2D eigenvalue weighted by Crippen LogP contribution is 2.54. The molecule has 0 unspecified atom stereocenters. The molecule has 0 radical (unpaired) electrons. The van der Waals surface area contributed by atoms with Crippen LogP contribution in [0.25, 0.3) is 21.3 Å². The number of hydrogen-bond acceptors (Lipinski definition) is 6. The summed E-state index contributed by atoms with van der Waals surface area (Å²) in [6, 6.07) is 52.3. The molecule has 0 saturated heterocycles. The Morgan fingerprint density at radius 1 is 0.755 bits per heavy atom. The first-order valence-corrected chi connectivity index (χ1v) is 18.7. The molecule has 238 valence electrons. The zero-order valence-electron chi connectivity index (χ0n) is 27.2. The fourth-order valence-corrected chi connectivity index (χ4v) is 10.6. The minimum atomic E-state index is -2.71. The van der Waals surface area contributed by atoms with Gasteiger partial charge < -0.3 is 4.74 Å². The highest BCUT2D eigenvalue weighted by atomic mass is 32.1. The van der Waals surface area contributed by atoms with E-state index in [4.69, 9.17) is 19.5 Å². The third-order valence-electron chi connectivity index (χ3n) is 8.27. The monoisotopic (exact) mass is 672 g/mol. The lowest BCUT2D eigenvalue weighted by Crippen LogP contribution is -2.25. The Bertz CT molecular complexity index is 2240. The van der Waals surface area contributed by atoms with Crippen LogP contribution in [0.3, 0.4) is 0 Å². The summed E-state index contributed by atoms with van der Waals surface area (Å²) in [5, 5.41) is 14.8. The average Bonchev–Trinajstić information content (AvgIpc) is 3.50. The first-order chi connectivity index (χ1) is 24.1. The van der Waals surface area contributed by atoms with Gasteiger partial charge in [-0.1, -0.05) is 139 Å². The third-order valence-corrected chi connectivity index (χ3v) is 12.9. The fraction of sp³-hybridized carbons (Fsp3) is 0.0714. The van der Waals surface area contributed by atoms with E-state index in [1.165, 1.54) is 16.9 Å². The molecule has 5 nitrogen and oxygen atoms in total. The highest BCUT2D eigenvalue weighted by Gasteiger charge is 2.31. The van der Waals surface area contributed by atoms with Crippen LogP contribution in [0.15, 0.2) is 155 Å². The van der Waals surface area contributed by atoms with Crippen molar-refractivity contribution in [3.63, 3.8) is 0 Å². The maximum Gasteiger partial charge on any atom is 0.233 e. The molecule has 49 heavy (non-hydrogen) atoms. The molecular weight excluding hydrogens is 640 g/mol. The molecule has 2 heterocycles. The number of rotatable bonds is 9. The number of thiophene rings is 1. The Balaban J connectivity index is 1.68. The zero-order chi connectivity index (χ0) is 33.6. The highest BCUT2D eigenvalue weighted by molar-refractivity contribution is 7.87. The normalized spacial score (nSPS) is 11.4. The molecule has 7 rings (SSSR count). The summed E-state index contributed by atoms with van der Waals surface area (Å²) in [6.07, 6.45) is 1.90. The molecule has 7 heteroatoms. The van der Waals surface area contributed by atoms with Crippen molar-refractivity contribution < 1.29 is 4.74 Å². The minimum Gasteiger partial charge on any atom is -0.477 e. The Labute approximate surface area is 290 Å². The van der Waals surface area contributed by atoms with E-state index in [0.717, 1.165) is 53.5 Å². The van der Waals surface area contributed by atoms with Gasteiger partial charge in [-0.2, -0.15) is 5.26 Å². The van der Waals surface area contributed by atoms with Crippen LogP contribution in [0, 0.1) is 18.3 Å². The van der Waals surface area contributed by atoms with Crippen LogP contribution in [0.2, 0.25) is 0 Å². The van der Waals surface area contributed by atoms with Gasteiger partial charge in [0.15, 0.2) is 0 Å². The van der Waals surface area contributed by atoms with Gasteiger partial charge in [0.25, 0.3) is 0 Å². The van der Waals surface area contributed by atoms with Gasteiger partial charge in [-0.05, 0) is 31.5 Å². The molecule has 0 amide bonds. The second-order valence-electron chi connectivity index (χ2n) is 11.4. The number of aliphatic imine (C=N–C) groups is 1. The molecule has 0 fully saturated rings. The number of benzene rings is 5. The second-order valence-corrected chi connectivity index (χ2v) is 15.5. The zero-order valence-corrected chi connectivity index (χ0v) is 28.9. The van der Waals surface area contributed by atoms with Crippen LogP contribution in [-0.4, -0.2) is 17.8 Å². The van der Waals surface area contributed by atoms with Crippen molar-refractivity contribution in [1.82, 2.24) is 4.98 Å². The third kappa shape index (κ3) is 6.23. The Kier molecular flexibility index (Phi) is 9.30. The number of aromatic nitrogens is 1. The van der Waals surface area contributed by atoms with E-state index in [1.807, 2.05) is 73.8 Å². The summed E-state index contributed by atoms with van der Waals surface area (Å²) >= 11 is 1.51. The number of nitriles is 1. The molecule has 0 spiro atoms. The molecule has 2 aromatic heterocycles. The van der Waals surface area contributed by atoms with Crippen LogP contribution < -0.4 is 20.7 Å². The lowest BCUT2D eigenvalue weighted by atomic mass is 9.97. The molecule has 0 aliphatic rings. The van der Waals surface area contributed by atoms with E-state index in [9.17, 15) is 5.26 Å². The van der Waals surface area contributed by atoms with Crippen molar-refractivity contribution in [2.75, 3.05) is 6.61 Å². The molecule has 0 bridgehead atoms. The van der Waals surface area contributed by atoms with Crippen LogP contribution in [0.5, 0.6) is 5.88 Å². The maximum atomic E-state index is 10.7. The summed E-state index contributed by atoms with van der Waals surface area (Å²) in [7, 11) is -2.71. The van der Waals surface area contributed by atoms with Crippen molar-refractivity contribution in [1.29, 1.82) is 5.26 Å². The first kappa shape index (κ1) is 32.0. The van der Waals surface area contributed by atoms with E-state index in [2.05, 4.69) is 97.9 Å². The van der Waals surface area contributed by atoms with Gasteiger partial charge in [-0.15, -0.1) is 11.3 Å². The number of hydrogen-bond donors (Lipinski definition) is 0. The molecule has 0 N–H and O–H groups in total. The van der Waals surface area contributed by atoms with Gasteiger partial charge in [0.2, 0.25) is 5.88 Å². The van der Waals surface area contributed by atoms with Gasteiger partial charge in [0.05, 0.1) is 29.9 Å².